The molecule has 0 amide bonds. The highest BCUT2D eigenvalue weighted by atomic mass is 15.1. The molecule has 100 valence electrons. The van der Waals surface area contributed by atoms with Crippen LogP contribution in [0.15, 0.2) is 30.5 Å². The van der Waals surface area contributed by atoms with Crippen molar-refractivity contribution >= 4 is 0 Å². The molecule has 0 spiro atoms. The van der Waals surface area contributed by atoms with Crippen LogP contribution in [0.3, 0.4) is 0 Å². The SMILES string of the molecule is CCCc1ccc(-c2cn3c(n2)C(C)CCC3)cc1. The second kappa shape index (κ2) is 5.20. The van der Waals surface area contributed by atoms with E-state index in [1.165, 1.54) is 36.2 Å². The number of hydrogen-bond acceptors (Lipinski definition) is 1. The predicted octanol–water partition coefficient (Wildman–Crippen LogP) is 4.40. The summed E-state index contributed by atoms with van der Waals surface area (Å²) in [6.45, 7) is 5.63. The summed E-state index contributed by atoms with van der Waals surface area (Å²) < 4.78 is 2.34. The van der Waals surface area contributed by atoms with Gasteiger partial charge in [0.1, 0.15) is 5.82 Å². The number of fused-ring (bicyclic) bond motifs is 1. The van der Waals surface area contributed by atoms with E-state index in [9.17, 15) is 0 Å². The fourth-order valence-corrected chi connectivity index (χ4v) is 2.97. The smallest absolute Gasteiger partial charge is 0.112 e. The Hall–Kier alpha value is -1.57. The second-order valence-electron chi connectivity index (χ2n) is 5.67. The van der Waals surface area contributed by atoms with Crippen molar-refractivity contribution < 1.29 is 0 Å². The topological polar surface area (TPSA) is 17.8 Å². The van der Waals surface area contributed by atoms with Crippen LogP contribution in [0.4, 0.5) is 0 Å². The van der Waals surface area contributed by atoms with Crippen LogP contribution < -0.4 is 0 Å². The van der Waals surface area contributed by atoms with Crippen molar-refractivity contribution in [2.45, 2.75) is 52.0 Å². The van der Waals surface area contributed by atoms with E-state index < -0.39 is 0 Å². The number of nitrogens with zero attached hydrogens (tertiary/aromatic N) is 2. The van der Waals surface area contributed by atoms with Crippen LogP contribution in [-0.4, -0.2) is 9.55 Å². The summed E-state index contributed by atoms with van der Waals surface area (Å²) >= 11 is 0. The van der Waals surface area contributed by atoms with E-state index in [1.54, 1.807) is 0 Å². The fraction of sp³-hybridized carbons (Fsp3) is 0.471. The van der Waals surface area contributed by atoms with Gasteiger partial charge in [0, 0.05) is 24.2 Å². The van der Waals surface area contributed by atoms with Gasteiger partial charge < -0.3 is 4.57 Å². The molecule has 19 heavy (non-hydrogen) atoms. The summed E-state index contributed by atoms with van der Waals surface area (Å²) in [6, 6.07) is 8.90. The molecular formula is C17H22N2. The van der Waals surface area contributed by atoms with Crippen molar-refractivity contribution in [3.8, 4) is 11.3 Å². The molecule has 0 saturated carbocycles. The summed E-state index contributed by atoms with van der Waals surface area (Å²) in [4.78, 5) is 4.84. The zero-order chi connectivity index (χ0) is 13.2. The molecule has 0 bridgehead atoms. The zero-order valence-corrected chi connectivity index (χ0v) is 11.9. The number of aryl methyl sites for hydroxylation is 2. The average Bonchev–Trinajstić information content (AvgIpc) is 2.85. The monoisotopic (exact) mass is 254 g/mol. The Morgan fingerprint density at radius 1 is 1.26 bits per heavy atom. The number of aromatic nitrogens is 2. The summed E-state index contributed by atoms with van der Waals surface area (Å²) in [6.07, 6.45) is 7.14. The highest BCUT2D eigenvalue weighted by Crippen LogP contribution is 2.29. The van der Waals surface area contributed by atoms with Crippen molar-refractivity contribution in [1.29, 1.82) is 0 Å². The molecule has 0 saturated heterocycles. The van der Waals surface area contributed by atoms with Crippen molar-refractivity contribution in [1.82, 2.24) is 9.55 Å². The van der Waals surface area contributed by atoms with Gasteiger partial charge in [0.15, 0.2) is 0 Å². The predicted molar refractivity (Wildman–Crippen MR) is 79.3 cm³/mol. The zero-order valence-electron chi connectivity index (χ0n) is 11.9. The minimum atomic E-state index is 0.599. The highest BCUT2D eigenvalue weighted by Gasteiger charge is 2.19. The van der Waals surface area contributed by atoms with Crippen LogP contribution in [0, 0.1) is 0 Å². The Morgan fingerprint density at radius 2 is 2.05 bits per heavy atom. The third-order valence-electron chi connectivity index (χ3n) is 4.07. The van der Waals surface area contributed by atoms with Crippen molar-refractivity contribution in [2.75, 3.05) is 0 Å². The summed E-state index contributed by atoms with van der Waals surface area (Å²) in [5.74, 6) is 1.86. The first-order chi connectivity index (χ1) is 9.28. The average molecular weight is 254 g/mol. The van der Waals surface area contributed by atoms with Gasteiger partial charge >= 0.3 is 0 Å². The quantitative estimate of drug-likeness (QED) is 0.793. The van der Waals surface area contributed by atoms with Gasteiger partial charge in [-0.2, -0.15) is 0 Å². The lowest BCUT2D eigenvalue weighted by atomic mass is 10.0. The van der Waals surface area contributed by atoms with Gasteiger partial charge in [-0.3, -0.25) is 0 Å². The Labute approximate surface area is 115 Å². The standard InChI is InChI=1S/C17H22N2/c1-3-5-14-7-9-15(10-8-14)16-12-19-11-4-6-13(2)17(19)18-16/h7-10,12-13H,3-6,11H2,1-2H3. The second-order valence-corrected chi connectivity index (χ2v) is 5.67. The molecule has 2 heterocycles. The molecule has 2 heteroatoms. The highest BCUT2D eigenvalue weighted by molar-refractivity contribution is 5.59. The lowest BCUT2D eigenvalue weighted by molar-refractivity contribution is 0.463. The van der Waals surface area contributed by atoms with Crippen LogP contribution >= 0.6 is 0 Å². The lowest BCUT2D eigenvalue weighted by Gasteiger charge is -2.19. The Kier molecular flexibility index (Phi) is 3.41. The summed E-state index contributed by atoms with van der Waals surface area (Å²) in [5, 5.41) is 0. The first kappa shape index (κ1) is 12.5. The van der Waals surface area contributed by atoms with Crippen molar-refractivity contribution in [3.05, 3.63) is 41.9 Å². The minimum Gasteiger partial charge on any atom is -0.334 e. The summed E-state index contributed by atoms with van der Waals surface area (Å²) in [5.41, 5.74) is 3.80. The molecule has 1 aromatic carbocycles. The molecule has 0 radical (unpaired) electrons. The van der Waals surface area contributed by atoms with E-state index in [1.807, 2.05) is 0 Å². The van der Waals surface area contributed by atoms with Crippen LogP contribution in [0.25, 0.3) is 11.3 Å². The van der Waals surface area contributed by atoms with E-state index in [0.29, 0.717) is 5.92 Å². The van der Waals surface area contributed by atoms with Gasteiger partial charge in [-0.15, -0.1) is 0 Å². The fourth-order valence-electron chi connectivity index (χ4n) is 2.97. The van der Waals surface area contributed by atoms with Gasteiger partial charge in [-0.05, 0) is 24.8 Å². The van der Waals surface area contributed by atoms with Gasteiger partial charge in [0.2, 0.25) is 0 Å². The van der Waals surface area contributed by atoms with E-state index in [0.717, 1.165) is 18.7 Å². The molecule has 0 fully saturated rings. The van der Waals surface area contributed by atoms with Crippen molar-refractivity contribution in [2.24, 2.45) is 0 Å². The molecule has 0 N–H and O–H groups in total. The molecule has 1 atom stereocenters. The van der Waals surface area contributed by atoms with E-state index in [4.69, 9.17) is 4.98 Å². The van der Waals surface area contributed by atoms with E-state index in [-0.39, 0.29) is 0 Å². The largest absolute Gasteiger partial charge is 0.334 e. The molecule has 1 unspecified atom stereocenters. The first-order valence-electron chi connectivity index (χ1n) is 7.44. The number of hydrogen-bond donors (Lipinski definition) is 0. The van der Waals surface area contributed by atoms with E-state index in [2.05, 4.69) is 48.9 Å². The maximum absolute atomic E-state index is 4.84. The van der Waals surface area contributed by atoms with Gasteiger partial charge in [-0.1, -0.05) is 44.5 Å². The number of imidazole rings is 1. The number of rotatable bonds is 3. The van der Waals surface area contributed by atoms with Crippen LogP contribution in [0.1, 0.15) is 50.4 Å². The minimum absolute atomic E-state index is 0.599. The third kappa shape index (κ3) is 2.44. The number of benzene rings is 1. The summed E-state index contributed by atoms with van der Waals surface area (Å²) in [7, 11) is 0. The molecular weight excluding hydrogens is 232 g/mol. The van der Waals surface area contributed by atoms with Gasteiger partial charge in [-0.25, -0.2) is 4.98 Å². The maximum Gasteiger partial charge on any atom is 0.112 e. The molecule has 1 aliphatic rings. The Bertz CT molecular complexity index is 551. The molecule has 3 rings (SSSR count). The molecule has 1 aromatic heterocycles. The molecule has 2 nitrogen and oxygen atoms in total. The molecule has 1 aliphatic heterocycles. The first-order valence-corrected chi connectivity index (χ1v) is 7.44. The Balaban J connectivity index is 1.89. The van der Waals surface area contributed by atoms with Crippen LogP contribution in [0.2, 0.25) is 0 Å². The van der Waals surface area contributed by atoms with Crippen LogP contribution in [-0.2, 0) is 13.0 Å². The lowest BCUT2D eigenvalue weighted by Crippen LogP contribution is -2.12. The third-order valence-corrected chi connectivity index (χ3v) is 4.07. The maximum atomic E-state index is 4.84. The van der Waals surface area contributed by atoms with Crippen LogP contribution in [0.5, 0.6) is 0 Å². The van der Waals surface area contributed by atoms with Gasteiger partial charge in [0.25, 0.3) is 0 Å². The molecule has 2 aromatic rings. The van der Waals surface area contributed by atoms with Crippen molar-refractivity contribution in [3.63, 3.8) is 0 Å². The molecule has 0 aliphatic carbocycles. The Morgan fingerprint density at radius 3 is 2.74 bits per heavy atom. The van der Waals surface area contributed by atoms with E-state index >= 15 is 0 Å². The normalized spacial score (nSPS) is 18.3. The van der Waals surface area contributed by atoms with Gasteiger partial charge in [0.05, 0.1) is 5.69 Å².